The van der Waals surface area contributed by atoms with Crippen molar-refractivity contribution in [3.63, 3.8) is 0 Å². The molecule has 1 aromatic carbocycles. The summed E-state index contributed by atoms with van der Waals surface area (Å²) in [6.45, 7) is 3.87. The zero-order valence-electron chi connectivity index (χ0n) is 12.6. The third-order valence-corrected chi connectivity index (χ3v) is 2.90. The molecule has 0 saturated heterocycles. The summed E-state index contributed by atoms with van der Waals surface area (Å²) in [4.78, 5) is 24.1. The molecule has 0 unspecified atom stereocenters. The second-order valence-electron chi connectivity index (χ2n) is 4.62. The van der Waals surface area contributed by atoms with E-state index in [0.29, 0.717) is 5.75 Å². The normalized spacial score (nSPS) is 10.0. The van der Waals surface area contributed by atoms with Crippen LogP contribution in [0.15, 0.2) is 24.3 Å². The Labute approximate surface area is 125 Å². The van der Waals surface area contributed by atoms with Gasteiger partial charge in [0.2, 0.25) is 5.91 Å². The number of hydrogen-bond acceptors (Lipinski definition) is 4. The fraction of sp³-hybridized carbons (Fsp3) is 0.467. The molecule has 0 aliphatic rings. The van der Waals surface area contributed by atoms with Crippen LogP contribution in [0.5, 0.6) is 5.75 Å². The Bertz CT molecular complexity index is 460. The molecule has 0 saturated carbocycles. The Hall–Kier alpha value is -2.08. The number of nitrogens with one attached hydrogen (secondary N) is 1. The van der Waals surface area contributed by atoms with E-state index in [-0.39, 0.29) is 25.7 Å². The van der Waals surface area contributed by atoms with E-state index in [4.69, 9.17) is 10.5 Å². The van der Waals surface area contributed by atoms with Gasteiger partial charge in [0.1, 0.15) is 5.75 Å². The molecule has 3 N–H and O–H groups in total. The standard InChI is InChI=1S/C15H23N3O3/c1-3-4-13-5-7-14(8-6-13)21-11-17-15(20)18(10-9-16)12(2)19/h5-8H,3-4,9-11,16H2,1-2H3,(H,17,20). The number of ether oxygens (including phenoxy) is 1. The van der Waals surface area contributed by atoms with E-state index >= 15 is 0 Å². The van der Waals surface area contributed by atoms with Crippen LogP contribution in [-0.2, 0) is 11.2 Å². The number of amides is 3. The Morgan fingerprint density at radius 2 is 1.95 bits per heavy atom. The van der Waals surface area contributed by atoms with Gasteiger partial charge in [-0.1, -0.05) is 25.5 Å². The molecule has 1 rings (SSSR count). The minimum atomic E-state index is -0.504. The molecular weight excluding hydrogens is 270 g/mol. The first-order chi connectivity index (χ1) is 10.1. The molecule has 0 fully saturated rings. The van der Waals surface area contributed by atoms with Crippen molar-refractivity contribution in [3.8, 4) is 5.75 Å². The molecule has 0 aliphatic heterocycles. The molecule has 0 spiro atoms. The Balaban J connectivity index is 2.41. The maximum absolute atomic E-state index is 11.8. The van der Waals surface area contributed by atoms with E-state index in [1.54, 1.807) is 0 Å². The Morgan fingerprint density at radius 1 is 1.29 bits per heavy atom. The topological polar surface area (TPSA) is 84.7 Å². The van der Waals surface area contributed by atoms with E-state index in [2.05, 4.69) is 12.2 Å². The molecular formula is C15H23N3O3. The molecule has 6 nitrogen and oxygen atoms in total. The summed E-state index contributed by atoms with van der Waals surface area (Å²) in [5.74, 6) is 0.324. The molecule has 0 radical (unpaired) electrons. The van der Waals surface area contributed by atoms with Crippen LogP contribution in [0, 0.1) is 0 Å². The number of carbonyl (C=O) groups is 2. The molecule has 0 aliphatic carbocycles. The molecule has 0 bridgehead atoms. The van der Waals surface area contributed by atoms with Crippen molar-refractivity contribution in [2.45, 2.75) is 26.7 Å². The lowest BCUT2D eigenvalue weighted by atomic mass is 10.1. The maximum Gasteiger partial charge on any atom is 0.326 e. The number of hydrogen-bond donors (Lipinski definition) is 2. The van der Waals surface area contributed by atoms with Gasteiger partial charge in [-0.2, -0.15) is 0 Å². The van der Waals surface area contributed by atoms with E-state index in [9.17, 15) is 9.59 Å². The van der Waals surface area contributed by atoms with Crippen molar-refractivity contribution in [3.05, 3.63) is 29.8 Å². The van der Waals surface area contributed by atoms with Gasteiger partial charge in [-0.15, -0.1) is 0 Å². The van der Waals surface area contributed by atoms with E-state index in [1.165, 1.54) is 12.5 Å². The van der Waals surface area contributed by atoms with Crippen LogP contribution in [0.1, 0.15) is 25.8 Å². The third kappa shape index (κ3) is 5.83. The maximum atomic E-state index is 11.8. The van der Waals surface area contributed by atoms with Crippen molar-refractivity contribution in [1.82, 2.24) is 10.2 Å². The van der Waals surface area contributed by atoms with Crippen molar-refractivity contribution >= 4 is 11.9 Å². The fourth-order valence-electron chi connectivity index (χ4n) is 1.85. The minimum Gasteiger partial charge on any atom is -0.473 e. The number of rotatable bonds is 7. The number of carbonyl (C=O) groups excluding carboxylic acids is 2. The molecule has 1 aromatic rings. The highest BCUT2D eigenvalue weighted by atomic mass is 16.5. The van der Waals surface area contributed by atoms with Crippen LogP contribution < -0.4 is 15.8 Å². The number of imide groups is 1. The van der Waals surface area contributed by atoms with Crippen molar-refractivity contribution < 1.29 is 14.3 Å². The van der Waals surface area contributed by atoms with Gasteiger partial charge in [0, 0.05) is 20.0 Å². The van der Waals surface area contributed by atoms with Crippen molar-refractivity contribution in [2.24, 2.45) is 5.73 Å². The first kappa shape index (κ1) is 17.0. The molecule has 116 valence electrons. The zero-order valence-corrected chi connectivity index (χ0v) is 12.6. The van der Waals surface area contributed by atoms with Gasteiger partial charge >= 0.3 is 6.03 Å². The predicted molar refractivity (Wildman–Crippen MR) is 80.9 cm³/mol. The van der Waals surface area contributed by atoms with Gasteiger partial charge in [0.15, 0.2) is 6.73 Å². The lowest BCUT2D eigenvalue weighted by Crippen LogP contribution is -2.46. The van der Waals surface area contributed by atoms with Gasteiger partial charge < -0.3 is 15.8 Å². The largest absolute Gasteiger partial charge is 0.473 e. The van der Waals surface area contributed by atoms with Gasteiger partial charge in [0.25, 0.3) is 0 Å². The van der Waals surface area contributed by atoms with Crippen LogP contribution in [-0.4, -0.2) is 36.7 Å². The summed E-state index contributed by atoms with van der Waals surface area (Å²) in [6, 6.07) is 7.21. The monoisotopic (exact) mass is 293 g/mol. The van der Waals surface area contributed by atoms with E-state index in [1.807, 2.05) is 24.3 Å². The van der Waals surface area contributed by atoms with Gasteiger partial charge in [-0.3, -0.25) is 9.69 Å². The van der Waals surface area contributed by atoms with Crippen LogP contribution in [0.4, 0.5) is 4.79 Å². The highest BCUT2D eigenvalue weighted by Crippen LogP contribution is 2.12. The van der Waals surface area contributed by atoms with E-state index < -0.39 is 6.03 Å². The fourth-order valence-corrected chi connectivity index (χ4v) is 1.85. The average molecular weight is 293 g/mol. The zero-order chi connectivity index (χ0) is 15.7. The van der Waals surface area contributed by atoms with Crippen LogP contribution in [0.2, 0.25) is 0 Å². The van der Waals surface area contributed by atoms with Crippen molar-refractivity contribution in [2.75, 3.05) is 19.8 Å². The lowest BCUT2D eigenvalue weighted by Gasteiger charge is -2.18. The number of nitrogens with two attached hydrogens (primary N) is 1. The molecule has 3 amide bonds. The highest BCUT2D eigenvalue weighted by molar-refractivity contribution is 5.93. The first-order valence-electron chi connectivity index (χ1n) is 7.06. The summed E-state index contributed by atoms with van der Waals surface area (Å²) in [6.07, 6.45) is 2.13. The van der Waals surface area contributed by atoms with Gasteiger partial charge in [0.05, 0.1) is 0 Å². The van der Waals surface area contributed by atoms with Crippen LogP contribution in [0.3, 0.4) is 0 Å². The second kappa shape index (κ2) is 8.97. The summed E-state index contributed by atoms with van der Waals surface area (Å²) < 4.78 is 5.42. The quantitative estimate of drug-likeness (QED) is 0.746. The minimum absolute atomic E-state index is 0.000307. The smallest absolute Gasteiger partial charge is 0.326 e. The molecule has 0 aromatic heterocycles. The number of urea groups is 1. The Morgan fingerprint density at radius 3 is 2.48 bits per heavy atom. The number of aryl methyl sites for hydroxylation is 1. The highest BCUT2D eigenvalue weighted by Gasteiger charge is 2.16. The first-order valence-corrected chi connectivity index (χ1v) is 7.06. The SMILES string of the molecule is CCCc1ccc(OCNC(=O)N(CCN)C(C)=O)cc1. The molecule has 0 atom stereocenters. The number of benzene rings is 1. The summed E-state index contributed by atoms with van der Waals surface area (Å²) in [5, 5.41) is 2.53. The van der Waals surface area contributed by atoms with Gasteiger partial charge in [-0.25, -0.2) is 4.79 Å². The van der Waals surface area contributed by atoms with Gasteiger partial charge in [-0.05, 0) is 24.1 Å². The molecule has 21 heavy (non-hydrogen) atoms. The molecule has 6 heteroatoms. The van der Waals surface area contributed by atoms with Crippen molar-refractivity contribution in [1.29, 1.82) is 0 Å². The predicted octanol–water partition coefficient (Wildman–Crippen LogP) is 1.49. The average Bonchev–Trinajstić information content (AvgIpc) is 2.46. The molecule has 0 heterocycles. The second-order valence-corrected chi connectivity index (χ2v) is 4.62. The van der Waals surface area contributed by atoms with E-state index in [0.717, 1.165) is 17.7 Å². The third-order valence-electron chi connectivity index (χ3n) is 2.90. The summed E-state index contributed by atoms with van der Waals surface area (Å²) >= 11 is 0. The number of nitrogens with zero attached hydrogens (tertiary/aromatic N) is 1. The summed E-state index contributed by atoms with van der Waals surface area (Å²) in [7, 11) is 0. The Kier molecular flexibility index (Phi) is 7.25. The van der Waals surface area contributed by atoms with Crippen LogP contribution >= 0.6 is 0 Å². The summed E-state index contributed by atoms with van der Waals surface area (Å²) in [5.41, 5.74) is 6.61. The lowest BCUT2D eigenvalue weighted by molar-refractivity contribution is -0.125. The van der Waals surface area contributed by atoms with Crippen LogP contribution in [0.25, 0.3) is 0 Å².